The number of para-hydroxylation sites is 2. The van der Waals surface area contributed by atoms with Crippen LogP contribution in [-0.2, 0) is 9.59 Å². The molecule has 140 valence electrons. The maximum Gasteiger partial charge on any atom is 0.265 e. The number of nitrogens with one attached hydrogen (secondary N) is 1. The van der Waals surface area contributed by atoms with E-state index >= 15 is 0 Å². The molecule has 1 aliphatic rings. The first-order valence-electron chi connectivity index (χ1n) is 9.12. The fourth-order valence-corrected chi connectivity index (χ4v) is 2.88. The molecule has 0 aromatic heterocycles. The molecule has 0 radical (unpaired) electrons. The average molecular weight is 365 g/mol. The second-order valence-corrected chi connectivity index (χ2v) is 6.30. The second kappa shape index (κ2) is 8.98. The van der Waals surface area contributed by atoms with Crippen molar-refractivity contribution in [2.45, 2.75) is 26.2 Å². The summed E-state index contributed by atoms with van der Waals surface area (Å²) >= 11 is 0. The predicted molar refractivity (Wildman–Crippen MR) is 105 cm³/mol. The molecule has 27 heavy (non-hydrogen) atoms. The van der Waals surface area contributed by atoms with Crippen LogP contribution in [0.1, 0.15) is 31.7 Å². The van der Waals surface area contributed by atoms with E-state index in [0.717, 1.165) is 30.5 Å². The molecule has 6 nitrogen and oxygen atoms in total. The molecule has 0 unspecified atom stereocenters. The monoisotopic (exact) mass is 365 g/mol. The Hall–Kier alpha value is -3.15. The van der Waals surface area contributed by atoms with Crippen LogP contribution < -0.4 is 15.1 Å². The molecule has 3 rings (SSSR count). The lowest BCUT2D eigenvalue weighted by atomic mass is 10.1. The van der Waals surface area contributed by atoms with E-state index in [-0.39, 0.29) is 25.0 Å². The molecule has 0 aliphatic carbocycles. The molecule has 1 aliphatic heterocycles. The van der Waals surface area contributed by atoms with Gasteiger partial charge in [0.25, 0.3) is 11.8 Å². The highest BCUT2D eigenvalue weighted by atomic mass is 16.5. The lowest BCUT2D eigenvalue weighted by Crippen LogP contribution is -2.44. The minimum absolute atomic E-state index is 0.0701. The number of carbonyl (C=O) groups is 2. The Balaban J connectivity index is 1.71. The van der Waals surface area contributed by atoms with E-state index in [1.165, 1.54) is 4.90 Å². The van der Waals surface area contributed by atoms with Crippen LogP contribution >= 0.6 is 0 Å². The van der Waals surface area contributed by atoms with Crippen LogP contribution in [0.15, 0.2) is 59.7 Å². The van der Waals surface area contributed by atoms with Gasteiger partial charge >= 0.3 is 0 Å². The van der Waals surface area contributed by atoms with Gasteiger partial charge in [-0.05, 0) is 30.5 Å². The van der Waals surface area contributed by atoms with E-state index in [2.05, 4.69) is 17.5 Å². The minimum atomic E-state index is -0.343. The van der Waals surface area contributed by atoms with Crippen molar-refractivity contribution in [1.82, 2.24) is 5.43 Å². The van der Waals surface area contributed by atoms with Crippen LogP contribution in [0.3, 0.4) is 0 Å². The normalized spacial score (nSPS) is 13.7. The largest absolute Gasteiger partial charge is 0.482 e. The van der Waals surface area contributed by atoms with Gasteiger partial charge < -0.3 is 4.74 Å². The van der Waals surface area contributed by atoms with Gasteiger partial charge in [-0.3, -0.25) is 14.5 Å². The van der Waals surface area contributed by atoms with Gasteiger partial charge in [-0.2, -0.15) is 5.10 Å². The number of hydrazone groups is 1. The van der Waals surface area contributed by atoms with Crippen LogP contribution in [0.25, 0.3) is 0 Å². The zero-order valence-corrected chi connectivity index (χ0v) is 15.4. The maximum atomic E-state index is 12.4. The van der Waals surface area contributed by atoms with Gasteiger partial charge in [0, 0.05) is 0 Å². The summed E-state index contributed by atoms with van der Waals surface area (Å²) in [5.74, 6) is 0.00778. The molecule has 1 heterocycles. The third-order valence-corrected chi connectivity index (χ3v) is 4.30. The number of anilines is 1. The topological polar surface area (TPSA) is 71.0 Å². The van der Waals surface area contributed by atoms with Crippen LogP contribution in [-0.4, -0.2) is 30.7 Å². The Morgan fingerprint density at radius 3 is 2.67 bits per heavy atom. The number of benzene rings is 2. The van der Waals surface area contributed by atoms with Crippen molar-refractivity contribution < 1.29 is 14.3 Å². The first-order chi connectivity index (χ1) is 13.2. The van der Waals surface area contributed by atoms with Crippen LogP contribution in [0, 0.1) is 0 Å². The van der Waals surface area contributed by atoms with E-state index < -0.39 is 0 Å². The Morgan fingerprint density at radius 1 is 1.15 bits per heavy atom. The molecular weight excluding hydrogens is 342 g/mol. The SMILES string of the molecule is CCCC/C(=N/NC(=O)CN1C(=O)COc2ccccc21)c1ccccc1. The molecule has 0 atom stereocenters. The van der Waals surface area contributed by atoms with Crippen molar-refractivity contribution in [1.29, 1.82) is 0 Å². The standard InChI is InChI=1S/C21H23N3O3/c1-2-3-11-17(16-9-5-4-6-10-16)22-23-20(25)14-24-18-12-7-8-13-19(18)27-15-21(24)26/h4-10,12-13H,2-3,11,14-15H2,1H3,(H,23,25)/b22-17-. The number of ether oxygens (including phenoxy) is 1. The van der Waals surface area contributed by atoms with E-state index in [1.807, 2.05) is 42.5 Å². The predicted octanol–water partition coefficient (Wildman–Crippen LogP) is 3.12. The molecule has 0 bridgehead atoms. The molecule has 0 fully saturated rings. The van der Waals surface area contributed by atoms with Crippen molar-refractivity contribution in [3.8, 4) is 5.75 Å². The number of unbranched alkanes of at least 4 members (excludes halogenated alkanes) is 1. The van der Waals surface area contributed by atoms with E-state index in [0.29, 0.717) is 11.4 Å². The number of fused-ring (bicyclic) bond motifs is 1. The van der Waals surface area contributed by atoms with Crippen molar-refractivity contribution >= 4 is 23.2 Å². The van der Waals surface area contributed by atoms with E-state index in [9.17, 15) is 9.59 Å². The highest BCUT2D eigenvalue weighted by Crippen LogP contribution is 2.31. The fraction of sp³-hybridized carbons (Fsp3) is 0.286. The molecule has 6 heteroatoms. The molecule has 0 saturated heterocycles. The summed E-state index contributed by atoms with van der Waals surface area (Å²) in [4.78, 5) is 26.0. The molecule has 2 amide bonds. The van der Waals surface area contributed by atoms with Gasteiger partial charge in [0.2, 0.25) is 0 Å². The van der Waals surface area contributed by atoms with Gasteiger partial charge in [0.05, 0.1) is 11.4 Å². The van der Waals surface area contributed by atoms with Crippen molar-refractivity contribution in [3.05, 3.63) is 60.2 Å². The van der Waals surface area contributed by atoms with Crippen molar-refractivity contribution in [2.24, 2.45) is 5.10 Å². The third-order valence-electron chi connectivity index (χ3n) is 4.30. The Bertz CT molecular complexity index is 834. The number of amides is 2. The van der Waals surface area contributed by atoms with Crippen molar-refractivity contribution in [3.63, 3.8) is 0 Å². The zero-order valence-electron chi connectivity index (χ0n) is 15.4. The Kier molecular flexibility index (Phi) is 6.20. The first-order valence-corrected chi connectivity index (χ1v) is 9.12. The lowest BCUT2D eigenvalue weighted by Gasteiger charge is -2.28. The summed E-state index contributed by atoms with van der Waals surface area (Å²) in [5, 5.41) is 4.33. The highest BCUT2D eigenvalue weighted by Gasteiger charge is 2.26. The number of hydrogen-bond acceptors (Lipinski definition) is 4. The smallest absolute Gasteiger partial charge is 0.265 e. The van der Waals surface area contributed by atoms with Crippen molar-refractivity contribution in [2.75, 3.05) is 18.1 Å². The summed E-state index contributed by atoms with van der Waals surface area (Å²) in [6, 6.07) is 17.0. The number of carbonyl (C=O) groups excluding carboxylic acids is 2. The van der Waals surface area contributed by atoms with Gasteiger partial charge in [-0.15, -0.1) is 0 Å². The Morgan fingerprint density at radius 2 is 1.89 bits per heavy atom. The first kappa shape index (κ1) is 18.6. The maximum absolute atomic E-state index is 12.4. The average Bonchev–Trinajstić information content (AvgIpc) is 2.71. The number of rotatable bonds is 7. The van der Waals surface area contributed by atoms with Crippen LogP contribution in [0.5, 0.6) is 5.75 Å². The van der Waals surface area contributed by atoms with E-state index in [1.54, 1.807) is 12.1 Å². The number of hydrogen-bond donors (Lipinski definition) is 1. The third kappa shape index (κ3) is 4.73. The summed E-state index contributed by atoms with van der Waals surface area (Å²) < 4.78 is 5.40. The summed E-state index contributed by atoms with van der Waals surface area (Å²) in [6.07, 6.45) is 2.80. The molecule has 0 spiro atoms. The fourth-order valence-electron chi connectivity index (χ4n) is 2.88. The zero-order chi connectivity index (χ0) is 19.1. The molecule has 0 saturated carbocycles. The van der Waals surface area contributed by atoms with Crippen LogP contribution in [0.2, 0.25) is 0 Å². The second-order valence-electron chi connectivity index (χ2n) is 6.30. The van der Waals surface area contributed by atoms with Gasteiger partial charge in [0.1, 0.15) is 12.3 Å². The number of nitrogens with zero attached hydrogens (tertiary/aromatic N) is 2. The molecule has 2 aromatic carbocycles. The summed E-state index contributed by atoms with van der Waals surface area (Å²) in [6.45, 7) is 1.94. The van der Waals surface area contributed by atoms with E-state index in [4.69, 9.17) is 4.74 Å². The molecule has 2 aromatic rings. The lowest BCUT2D eigenvalue weighted by molar-refractivity contribution is -0.125. The summed E-state index contributed by atoms with van der Waals surface area (Å²) in [7, 11) is 0. The van der Waals surface area contributed by atoms with Gasteiger partial charge in [-0.1, -0.05) is 55.8 Å². The van der Waals surface area contributed by atoms with Gasteiger partial charge in [-0.25, -0.2) is 5.43 Å². The minimum Gasteiger partial charge on any atom is -0.482 e. The summed E-state index contributed by atoms with van der Waals surface area (Å²) in [5.41, 5.74) is 5.02. The quantitative estimate of drug-likeness (QED) is 0.605. The molecule has 1 N–H and O–H groups in total. The van der Waals surface area contributed by atoms with Crippen LogP contribution in [0.4, 0.5) is 5.69 Å². The Labute approximate surface area is 158 Å². The highest BCUT2D eigenvalue weighted by molar-refractivity contribution is 6.03. The van der Waals surface area contributed by atoms with Gasteiger partial charge in [0.15, 0.2) is 6.61 Å². The molecular formula is C21H23N3O3.